The number of ketones is 1. The lowest BCUT2D eigenvalue weighted by molar-refractivity contribution is -0.137. The van der Waals surface area contributed by atoms with Gasteiger partial charge in [0, 0.05) is 36.8 Å². The average Bonchev–Trinajstić information content (AvgIpc) is 3.48. The number of carbonyl (C=O) groups is 3. The highest BCUT2D eigenvalue weighted by molar-refractivity contribution is 9.10. The second-order valence-electron chi connectivity index (χ2n) is 10.5. The molecule has 5 rings (SSSR count). The molecule has 4 heterocycles. The van der Waals surface area contributed by atoms with Crippen LogP contribution >= 0.6 is 15.9 Å². The summed E-state index contributed by atoms with van der Waals surface area (Å²) in [7, 11) is 0. The van der Waals surface area contributed by atoms with Gasteiger partial charge in [-0.2, -0.15) is 5.10 Å². The van der Waals surface area contributed by atoms with Gasteiger partial charge in [0.25, 0.3) is 0 Å². The van der Waals surface area contributed by atoms with Gasteiger partial charge in [0.1, 0.15) is 34.5 Å². The molecular formula is C29H30BrN7O3. The summed E-state index contributed by atoms with van der Waals surface area (Å²) < 4.78 is 2.19. The van der Waals surface area contributed by atoms with Crippen LogP contribution in [0.5, 0.6) is 0 Å². The smallest absolute Gasteiger partial charge is 0.248 e. The zero-order valence-electron chi connectivity index (χ0n) is 23.0. The van der Waals surface area contributed by atoms with Gasteiger partial charge in [0.05, 0.1) is 5.52 Å². The molecule has 1 fully saturated rings. The van der Waals surface area contributed by atoms with E-state index >= 15 is 0 Å². The Morgan fingerprint density at radius 2 is 1.77 bits per heavy atom. The lowest BCUT2D eigenvalue weighted by atomic mass is 10.0. The van der Waals surface area contributed by atoms with Gasteiger partial charge in [0.15, 0.2) is 5.78 Å². The van der Waals surface area contributed by atoms with Crippen molar-refractivity contribution in [2.75, 3.05) is 11.9 Å². The van der Waals surface area contributed by atoms with E-state index < -0.39 is 6.04 Å². The summed E-state index contributed by atoms with van der Waals surface area (Å²) in [5.74, 6) is 0.571. The predicted molar refractivity (Wildman–Crippen MR) is 155 cm³/mol. The van der Waals surface area contributed by atoms with Gasteiger partial charge in [-0.3, -0.25) is 19.1 Å². The molecule has 2 amide bonds. The normalized spacial score (nSPS) is 16.9. The maximum atomic E-state index is 13.7. The van der Waals surface area contributed by atoms with E-state index in [-0.39, 0.29) is 30.1 Å². The molecule has 0 saturated carbocycles. The fraction of sp³-hybridized carbons (Fsp3) is 0.345. The van der Waals surface area contributed by atoms with Crippen LogP contribution in [0.3, 0.4) is 0 Å². The number of hydrogen-bond donors (Lipinski definition) is 1. The summed E-state index contributed by atoms with van der Waals surface area (Å²) in [5, 5.41) is 8.12. The van der Waals surface area contributed by atoms with Crippen molar-refractivity contribution >= 4 is 50.2 Å². The number of Topliss-reactive ketones (excluding diaryl/α,β-unsaturated/α-hetero) is 1. The fourth-order valence-electron chi connectivity index (χ4n) is 5.23. The molecule has 0 aliphatic carbocycles. The van der Waals surface area contributed by atoms with Gasteiger partial charge in [0.2, 0.25) is 11.8 Å². The minimum atomic E-state index is -0.633. The number of amides is 2. The summed E-state index contributed by atoms with van der Waals surface area (Å²) >= 11 is 3.34. The number of halogens is 1. The van der Waals surface area contributed by atoms with E-state index in [1.54, 1.807) is 22.0 Å². The van der Waals surface area contributed by atoms with E-state index in [0.29, 0.717) is 45.8 Å². The number of nitrogens with zero attached hydrogens (tertiary/aromatic N) is 6. The second kappa shape index (κ2) is 10.9. The van der Waals surface area contributed by atoms with Crippen LogP contribution in [-0.4, -0.2) is 59.8 Å². The standard InChI is InChI=1S/C29H30BrN7O3/c1-15-8-23(29(40)34-28-16(2)6-7-24(30)33-28)36(13-15)25(39)14-37-27-17(3)9-20(21-11-31-19(5)32-12-21)10-22(27)26(35-37)18(4)38/h6-7,9-12,15,23H,8,13-14H2,1-5H3,(H,33,34,40). The zero-order valence-corrected chi connectivity index (χ0v) is 24.6. The van der Waals surface area contributed by atoms with Crippen molar-refractivity contribution in [3.63, 3.8) is 0 Å². The lowest BCUT2D eigenvalue weighted by Gasteiger charge is -2.24. The first-order valence-corrected chi connectivity index (χ1v) is 13.9. The van der Waals surface area contributed by atoms with Crippen LogP contribution in [0, 0.1) is 26.7 Å². The number of carbonyl (C=O) groups excluding carboxylic acids is 3. The van der Waals surface area contributed by atoms with Gasteiger partial charge in [-0.25, -0.2) is 15.0 Å². The van der Waals surface area contributed by atoms with E-state index in [1.807, 2.05) is 52.0 Å². The van der Waals surface area contributed by atoms with Gasteiger partial charge in [-0.15, -0.1) is 0 Å². The number of hydrogen-bond acceptors (Lipinski definition) is 7. The summed E-state index contributed by atoms with van der Waals surface area (Å²) in [4.78, 5) is 54.1. The van der Waals surface area contributed by atoms with Gasteiger partial charge < -0.3 is 10.2 Å². The molecule has 0 bridgehead atoms. The number of likely N-dealkylation sites (tertiary alicyclic amines) is 1. The maximum Gasteiger partial charge on any atom is 0.248 e. The first kappa shape index (κ1) is 27.6. The number of aromatic nitrogens is 5. The number of anilines is 1. The van der Waals surface area contributed by atoms with Crippen molar-refractivity contribution in [3.05, 3.63) is 63.9 Å². The predicted octanol–water partition coefficient (Wildman–Crippen LogP) is 4.65. The minimum absolute atomic E-state index is 0.0950. The van der Waals surface area contributed by atoms with E-state index in [1.165, 1.54) is 6.92 Å². The van der Waals surface area contributed by atoms with Crippen molar-refractivity contribution in [3.8, 4) is 11.1 Å². The SMILES string of the molecule is CC(=O)c1nn(CC(=O)N2CC(C)CC2C(=O)Nc2nc(Br)ccc2C)c2c(C)cc(-c3cnc(C)nc3)cc12. The van der Waals surface area contributed by atoms with Crippen LogP contribution in [0.4, 0.5) is 5.82 Å². The highest BCUT2D eigenvalue weighted by Crippen LogP contribution is 2.31. The zero-order chi connectivity index (χ0) is 28.7. The Bertz CT molecular complexity index is 1650. The molecule has 2 atom stereocenters. The van der Waals surface area contributed by atoms with Crippen molar-refractivity contribution in [1.82, 2.24) is 29.6 Å². The van der Waals surface area contributed by atoms with Gasteiger partial charge in [-0.05, 0) is 83.9 Å². The molecule has 10 nitrogen and oxygen atoms in total. The maximum absolute atomic E-state index is 13.7. The number of pyridine rings is 1. The van der Waals surface area contributed by atoms with Crippen LogP contribution in [0.2, 0.25) is 0 Å². The van der Waals surface area contributed by atoms with Crippen LogP contribution in [0.25, 0.3) is 22.0 Å². The summed E-state index contributed by atoms with van der Waals surface area (Å²) in [6.07, 6.45) is 4.04. The van der Waals surface area contributed by atoms with Crippen LogP contribution in [0.1, 0.15) is 47.7 Å². The minimum Gasteiger partial charge on any atom is -0.329 e. The number of nitrogens with one attached hydrogen (secondary N) is 1. The van der Waals surface area contributed by atoms with E-state index in [2.05, 4.69) is 41.3 Å². The Kier molecular flexibility index (Phi) is 7.50. The Morgan fingerprint density at radius 1 is 1.05 bits per heavy atom. The third kappa shape index (κ3) is 5.38. The largest absolute Gasteiger partial charge is 0.329 e. The highest BCUT2D eigenvalue weighted by Gasteiger charge is 2.38. The second-order valence-corrected chi connectivity index (χ2v) is 11.3. The first-order chi connectivity index (χ1) is 19.0. The molecule has 206 valence electrons. The monoisotopic (exact) mass is 603 g/mol. The molecule has 1 aromatic carbocycles. The quantitative estimate of drug-likeness (QED) is 0.251. The Morgan fingerprint density at radius 3 is 2.48 bits per heavy atom. The van der Waals surface area contributed by atoms with E-state index in [9.17, 15) is 14.4 Å². The third-order valence-electron chi connectivity index (χ3n) is 7.21. The Hall–Kier alpha value is -3.99. The fourth-order valence-corrected chi connectivity index (χ4v) is 5.54. The molecule has 4 aromatic rings. The molecule has 3 aromatic heterocycles. The first-order valence-electron chi connectivity index (χ1n) is 13.1. The summed E-state index contributed by atoms with van der Waals surface area (Å²) in [5.41, 5.74) is 4.37. The van der Waals surface area contributed by atoms with Crippen molar-refractivity contribution < 1.29 is 14.4 Å². The number of fused-ring (bicyclic) bond motifs is 1. The van der Waals surface area contributed by atoms with Crippen LogP contribution in [0.15, 0.2) is 41.3 Å². The highest BCUT2D eigenvalue weighted by atomic mass is 79.9. The molecule has 11 heteroatoms. The Balaban J connectivity index is 1.45. The summed E-state index contributed by atoms with van der Waals surface area (Å²) in [6, 6.07) is 6.90. The molecule has 40 heavy (non-hydrogen) atoms. The summed E-state index contributed by atoms with van der Waals surface area (Å²) in [6.45, 7) is 9.46. The number of rotatable bonds is 6. The number of benzene rings is 1. The molecule has 2 unspecified atom stereocenters. The lowest BCUT2D eigenvalue weighted by Crippen LogP contribution is -2.44. The molecular weight excluding hydrogens is 574 g/mol. The number of aryl methyl sites for hydroxylation is 3. The van der Waals surface area contributed by atoms with Crippen molar-refractivity contribution in [2.24, 2.45) is 5.92 Å². The van der Waals surface area contributed by atoms with E-state index in [4.69, 9.17) is 0 Å². The van der Waals surface area contributed by atoms with Crippen LogP contribution < -0.4 is 5.32 Å². The van der Waals surface area contributed by atoms with Crippen LogP contribution in [-0.2, 0) is 16.1 Å². The van der Waals surface area contributed by atoms with Crippen molar-refractivity contribution in [1.29, 1.82) is 0 Å². The van der Waals surface area contributed by atoms with Gasteiger partial charge >= 0.3 is 0 Å². The topological polar surface area (TPSA) is 123 Å². The molecule has 1 saturated heterocycles. The van der Waals surface area contributed by atoms with E-state index in [0.717, 1.165) is 22.3 Å². The molecule has 1 aliphatic heterocycles. The van der Waals surface area contributed by atoms with Gasteiger partial charge in [-0.1, -0.05) is 13.0 Å². The molecule has 1 aliphatic rings. The molecule has 1 N–H and O–H groups in total. The molecule has 0 radical (unpaired) electrons. The molecule has 0 spiro atoms. The average molecular weight is 605 g/mol. The third-order valence-corrected chi connectivity index (χ3v) is 7.65. The van der Waals surface area contributed by atoms with Crippen molar-refractivity contribution in [2.45, 2.75) is 53.6 Å². The Labute approximate surface area is 240 Å².